The summed E-state index contributed by atoms with van der Waals surface area (Å²) in [5.41, 5.74) is 4.12. The Morgan fingerprint density at radius 3 is 2.06 bits per heavy atom. The SMILES string of the molecule is C=CCOc1c(Cl)cc(C2C3=C(CC(C)(C)CC3=O)N(CCC)C3=C2C(=O)CC(C)(C)C3)cc1OC. The highest BCUT2D eigenvalue weighted by molar-refractivity contribution is 6.32. The Balaban J connectivity index is 1.99. The van der Waals surface area contributed by atoms with Crippen LogP contribution in [0.5, 0.6) is 11.5 Å². The quantitative estimate of drug-likeness (QED) is 0.368. The molecular formula is C30H38ClNO4. The minimum atomic E-state index is -0.463. The highest BCUT2D eigenvalue weighted by atomic mass is 35.5. The number of carbonyl (C=O) groups excluding carboxylic acids is 2. The summed E-state index contributed by atoms with van der Waals surface area (Å²) in [4.78, 5) is 29.9. The average molecular weight is 512 g/mol. The van der Waals surface area contributed by atoms with Gasteiger partial charge in [0, 0.05) is 47.8 Å². The predicted octanol–water partition coefficient (Wildman–Crippen LogP) is 7.01. The molecule has 4 rings (SSSR count). The van der Waals surface area contributed by atoms with Gasteiger partial charge in [-0.3, -0.25) is 9.59 Å². The van der Waals surface area contributed by atoms with Crippen LogP contribution in [0.3, 0.4) is 0 Å². The zero-order valence-corrected chi connectivity index (χ0v) is 23.2. The molecule has 0 saturated heterocycles. The number of rotatable bonds is 7. The molecule has 2 aliphatic carbocycles. The first kappa shape index (κ1) is 26.5. The van der Waals surface area contributed by atoms with Gasteiger partial charge in [0.2, 0.25) is 0 Å². The molecule has 36 heavy (non-hydrogen) atoms. The van der Waals surface area contributed by atoms with Gasteiger partial charge in [0.1, 0.15) is 6.61 Å². The molecule has 0 atom stereocenters. The summed E-state index contributed by atoms with van der Waals surface area (Å²) in [5, 5.41) is 0.388. The molecule has 3 aliphatic rings. The lowest BCUT2D eigenvalue weighted by atomic mass is 9.63. The molecule has 194 valence electrons. The van der Waals surface area contributed by atoms with Crippen molar-refractivity contribution >= 4 is 23.2 Å². The van der Waals surface area contributed by atoms with Crippen molar-refractivity contribution in [1.82, 2.24) is 4.90 Å². The molecule has 1 aliphatic heterocycles. The number of hydrogen-bond donors (Lipinski definition) is 0. The average Bonchev–Trinajstić information content (AvgIpc) is 2.77. The van der Waals surface area contributed by atoms with Gasteiger partial charge in [0.15, 0.2) is 23.1 Å². The van der Waals surface area contributed by atoms with E-state index < -0.39 is 5.92 Å². The number of ether oxygens (including phenoxy) is 2. The summed E-state index contributed by atoms with van der Waals surface area (Å²) in [5.74, 6) is 0.668. The van der Waals surface area contributed by atoms with E-state index in [0.29, 0.717) is 29.4 Å². The van der Waals surface area contributed by atoms with Crippen LogP contribution < -0.4 is 9.47 Å². The molecule has 0 aromatic heterocycles. The Bertz CT molecular complexity index is 1120. The van der Waals surface area contributed by atoms with Crippen LogP contribution in [0, 0.1) is 10.8 Å². The highest BCUT2D eigenvalue weighted by Crippen LogP contribution is 2.55. The molecule has 0 radical (unpaired) electrons. The summed E-state index contributed by atoms with van der Waals surface area (Å²) in [7, 11) is 1.57. The minimum absolute atomic E-state index is 0.110. The van der Waals surface area contributed by atoms with Gasteiger partial charge in [0.25, 0.3) is 0 Å². The highest BCUT2D eigenvalue weighted by Gasteiger charge is 2.49. The van der Waals surface area contributed by atoms with Crippen molar-refractivity contribution in [2.75, 3.05) is 20.3 Å². The molecule has 1 aromatic rings. The summed E-state index contributed by atoms with van der Waals surface area (Å²) < 4.78 is 11.4. The lowest BCUT2D eigenvalue weighted by Crippen LogP contribution is -2.44. The van der Waals surface area contributed by atoms with Crippen LogP contribution in [0.15, 0.2) is 47.3 Å². The van der Waals surface area contributed by atoms with Gasteiger partial charge < -0.3 is 14.4 Å². The summed E-state index contributed by atoms with van der Waals surface area (Å²) in [6.07, 6.45) is 5.07. The Morgan fingerprint density at radius 2 is 1.58 bits per heavy atom. The van der Waals surface area contributed by atoms with Gasteiger partial charge in [-0.15, -0.1) is 0 Å². The molecule has 1 heterocycles. The Labute approximate surface area is 220 Å². The fourth-order valence-electron chi connectivity index (χ4n) is 6.06. The maximum atomic E-state index is 13.8. The third-order valence-corrected chi connectivity index (χ3v) is 7.68. The molecule has 0 saturated carbocycles. The molecule has 0 amide bonds. The number of Topliss-reactive ketones (excluding diaryl/α,β-unsaturated/α-hetero) is 2. The number of halogens is 1. The van der Waals surface area contributed by atoms with Crippen LogP contribution in [0.2, 0.25) is 5.02 Å². The fourth-order valence-corrected chi connectivity index (χ4v) is 6.34. The van der Waals surface area contributed by atoms with Crippen LogP contribution >= 0.6 is 11.6 Å². The van der Waals surface area contributed by atoms with E-state index in [4.69, 9.17) is 21.1 Å². The molecule has 1 aromatic carbocycles. The van der Waals surface area contributed by atoms with E-state index in [1.807, 2.05) is 12.1 Å². The van der Waals surface area contributed by atoms with Crippen LogP contribution in [-0.2, 0) is 9.59 Å². The second-order valence-electron chi connectivity index (χ2n) is 11.8. The van der Waals surface area contributed by atoms with E-state index >= 15 is 0 Å². The second-order valence-corrected chi connectivity index (χ2v) is 12.2. The largest absolute Gasteiger partial charge is 0.493 e. The van der Waals surface area contributed by atoms with Gasteiger partial charge in [-0.2, -0.15) is 0 Å². The first-order valence-electron chi connectivity index (χ1n) is 12.8. The van der Waals surface area contributed by atoms with Gasteiger partial charge >= 0.3 is 0 Å². The van der Waals surface area contributed by atoms with E-state index in [2.05, 4.69) is 46.1 Å². The monoisotopic (exact) mass is 511 g/mol. The van der Waals surface area contributed by atoms with E-state index in [-0.39, 0.29) is 29.0 Å². The van der Waals surface area contributed by atoms with E-state index in [0.717, 1.165) is 53.9 Å². The lowest BCUT2D eigenvalue weighted by Gasteiger charge is -2.49. The zero-order chi connectivity index (χ0) is 26.4. The van der Waals surface area contributed by atoms with Crippen molar-refractivity contribution in [1.29, 1.82) is 0 Å². The van der Waals surface area contributed by atoms with Gasteiger partial charge in [-0.25, -0.2) is 0 Å². The number of hydrogen-bond acceptors (Lipinski definition) is 5. The molecule has 0 bridgehead atoms. The van der Waals surface area contributed by atoms with Crippen molar-refractivity contribution in [3.8, 4) is 11.5 Å². The lowest BCUT2D eigenvalue weighted by molar-refractivity contribution is -0.119. The van der Waals surface area contributed by atoms with E-state index in [1.54, 1.807) is 13.2 Å². The summed E-state index contributed by atoms with van der Waals surface area (Å²) in [6, 6.07) is 3.71. The van der Waals surface area contributed by atoms with Gasteiger partial charge in [-0.05, 0) is 47.8 Å². The van der Waals surface area contributed by atoms with Gasteiger partial charge in [0.05, 0.1) is 12.1 Å². The number of carbonyl (C=O) groups is 2. The number of ketones is 2. The maximum absolute atomic E-state index is 13.8. The molecule has 5 nitrogen and oxygen atoms in total. The zero-order valence-electron chi connectivity index (χ0n) is 22.4. The van der Waals surface area contributed by atoms with Crippen LogP contribution in [0.25, 0.3) is 0 Å². The maximum Gasteiger partial charge on any atom is 0.180 e. The third kappa shape index (κ3) is 4.74. The molecular weight excluding hydrogens is 474 g/mol. The van der Waals surface area contributed by atoms with Crippen molar-refractivity contribution in [3.63, 3.8) is 0 Å². The Kier molecular flexibility index (Phi) is 7.18. The molecule has 0 N–H and O–H groups in total. The Morgan fingerprint density at radius 1 is 1.03 bits per heavy atom. The topological polar surface area (TPSA) is 55.8 Å². The predicted molar refractivity (Wildman–Crippen MR) is 144 cm³/mol. The van der Waals surface area contributed by atoms with Crippen molar-refractivity contribution in [3.05, 3.63) is 57.9 Å². The number of methoxy groups -OCH3 is 1. The molecule has 0 fully saturated rings. The number of allylic oxidation sites excluding steroid dienone is 4. The van der Waals surface area contributed by atoms with Crippen LogP contribution in [0.1, 0.15) is 78.2 Å². The molecule has 6 heteroatoms. The Hall–Kier alpha value is -2.53. The normalized spacial score (nSPS) is 21.4. The first-order chi connectivity index (χ1) is 16.9. The molecule has 0 spiro atoms. The molecule has 0 unspecified atom stereocenters. The fraction of sp³-hybridized carbons (Fsp3) is 0.533. The smallest absolute Gasteiger partial charge is 0.180 e. The first-order valence-corrected chi connectivity index (χ1v) is 13.2. The second kappa shape index (κ2) is 9.74. The summed E-state index contributed by atoms with van der Waals surface area (Å²) in [6.45, 7) is 15.5. The van der Waals surface area contributed by atoms with Gasteiger partial charge in [-0.1, -0.05) is 58.9 Å². The van der Waals surface area contributed by atoms with E-state index in [1.165, 1.54) is 0 Å². The van der Waals surface area contributed by atoms with Crippen molar-refractivity contribution in [2.45, 2.75) is 72.6 Å². The van der Waals surface area contributed by atoms with E-state index in [9.17, 15) is 9.59 Å². The number of nitrogens with zero attached hydrogens (tertiary/aromatic N) is 1. The van der Waals surface area contributed by atoms with Crippen LogP contribution in [0.4, 0.5) is 0 Å². The summed E-state index contributed by atoms with van der Waals surface area (Å²) >= 11 is 6.71. The van der Waals surface area contributed by atoms with Crippen molar-refractivity contribution in [2.24, 2.45) is 10.8 Å². The van der Waals surface area contributed by atoms with Crippen molar-refractivity contribution < 1.29 is 19.1 Å². The van der Waals surface area contributed by atoms with Crippen LogP contribution in [-0.4, -0.2) is 36.7 Å². The standard InChI is InChI=1S/C30H38ClNO4/c1-8-10-32-20-14-29(3,4)16-22(33)26(20)25(27-21(32)15-30(5,6)17-23(27)34)18-12-19(31)28(36-11-9-2)24(13-18)35-7/h9,12-13,25H,2,8,10-11,14-17H2,1,3-7H3. The minimum Gasteiger partial charge on any atom is -0.493 e. The third-order valence-electron chi connectivity index (χ3n) is 7.40. The number of benzene rings is 1.